The monoisotopic (exact) mass is 591 g/mol. The first kappa shape index (κ1) is 29.9. The minimum Gasteiger partial charge on any atom is -0.350 e. The molecule has 0 bridgehead atoms. The Morgan fingerprint density at radius 2 is 1.63 bits per heavy atom. The lowest BCUT2D eigenvalue weighted by atomic mass is 10.0. The summed E-state index contributed by atoms with van der Waals surface area (Å²) in [6, 6.07) is 3.99. The van der Waals surface area contributed by atoms with Crippen molar-refractivity contribution in [3.63, 3.8) is 0 Å². The fourth-order valence-electron chi connectivity index (χ4n) is 5.51. The second-order valence-electron chi connectivity index (χ2n) is 11.2. The number of hydrogen-bond acceptors (Lipinski definition) is 7. The molecule has 1 aliphatic rings. The minimum atomic E-state index is -1.00. The first-order chi connectivity index (χ1) is 20.4. The molecule has 4 heterocycles. The van der Waals surface area contributed by atoms with E-state index < -0.39 is 34.4 Å². The van der Waals surface area contributed by atoms with Gasteiger partial charge in [0.05, 0.1) is 28.0 Å². The lowest BCUT2D eigenvalue weighted by molar-refractivity contribution is -0.126. The second-order valence-corrected chi connectivity index (χ2v) is 11.2. The minimum absolute atomic E-state index is 0.0514. The van der Waals surface area contributed by atoms with E-state index in [1.807, 2.05) is 34.6 Å². The van der Waals surface area contributed by atoms with Gasteiger partial charge in [0.25, 0.3) is 0 Å². The molecule has 0 unspecified atom stereocenters. The van der Waals surface area contributed by atoms with Gasteiger partial charge in [0.2, 0.25) is 5.91 Å². The van der Waals surface area contributed by atoms with E-state index in [0.29, 0.717) is 36.7 Å². The quantitative estimate of drug-likeness (QED) is 0.287. The fraction of sp³-hybridized carbons (Fsp3) is 0.355. The summed E-state index contributed by atoms with van der Waals surface area (Å²) >= 11 is 0. The maximum Gasteiger partial charge on any atom is 0.355 e. The van der Waals surface area contributed by atoms with Crippen LogP contribution in [0.25, 0.3) is 28.0 Å². The molecule has 12 heteroatoms. The number of benzene rings is 1. The Kier molecular flexibility index (Phi) is 8.04. The van der Waals surface area contributed by atoms with Crippen LogP contribution in [0.2, 0.25) is 0 Å². The third kappa shape index (κ3) is 5.26. The van der Waals surface area contributed by atoms with E-state index in [1.54, 1.807) is 9.80 Å². The van der Waals surface area contributed by atoms with Gasteiger partial charge in [-0.3, -0.25) is 4.79 Å². The Morgan fingerprint density at radius 1 is 1.00 bits per heavy atom. The third-order valence-electron chi connectivity index (χ3n) is 7.58. The van der Waals surface area contributed by atoms with Crippen molar-refractivity contribution in [2.45, 2.75) is 52.5 Å². The zero-order valence-corrected chi connectivity index (χ0v) is 24.6. The topological polar surface area (TPSA) is 97.1 Å². The number of carbonyl (C=O) groups is 1. The van der Waals surface area contributed by atoms with Gasteiger partial charge in [-0.1, -0.05) is 40.3 Å². The Bertz CT molecular complexity index is 1760. The van der Waals surface area contributed by atoms with Crippen molar-refractivity contribution < 1.29 is 18.0 Å². The summed E-state index contributed by atoms with van der Waals surface area (Å²) in [6.07, 6.45) is 2.66. The molecule has 3 aromatic heterocycles. The zero-order valence-electron chi connectivity index (χ0n) is 24.6. The molecule has 0 aliphatic carbocycles. The van der Waals surface area contributed by atoms with Crippen molar-refractivity contribution in [1.29, 1.82) is 0 Å². The number of nitrogens with zero attached hydrogens (tertiary/aromatic N) is 7. The largest absolute Gasteiger partial charge is 0.355 e. The molecule has 1 atom stereocenters. The summed E-state index contributed by atoms with van der Waals surface area (Å²) in [5, 5.41) is 0.154. The maximum atomic E-state index is 15.9. The number of fused-ring (bicyclic) bond motifs is 1. The molecular formula is C31H32F3N7O2. The highest BCUT2D eigenvalue weighted by atomic mass is 19.1. The van der Waals surface area contributed by atoms with Gasteiger partial charge in [0.1, 0.15) is 29.5 Å². The molecule has 0 N–H and O–H groups in total. The molecule has 1 amide bonds. The van der Waals surface area contributed by atoms with E-state index >= 15 is 4.39 Å². The fourth-order valence-corrected chi connectivity index (χ4v) is 5.51. The van der Waals surface area contributed by atoms with Crippen LogP contribution in [0.1, 0.15) is 57.8 Å². The summed E-state index contributed by atoms with van der Waals surface area (Å²) < 4.78 is 46.9. The molecule has 224 valence electrons. The molecular weight excluding hydrogens is 559 g/mol. The van der Waals surface area contributed by atoms with Gasteiger partial charge >= 0.3 is 5.69 Å². The second kappa shape index (κ2) is 11.6. The van der Waals surface area contributed by atoms with Crippen LogP contribution in [-0.2, 0) is 4.79 Å². The Hall–Kier alpha value is -4.61. The Morgan fingerprint density at radius 3 is 2.19 bits per heavy atom. The van der Waals surface area contributed by atoms with Crippen molar-refractivity contribution in [3.8, 4) is 16.9 Å². The SMILES string of the molecule is C=CC(=O)N1CCN(c2nc(=O)n(-c3c(C(C)C)ncnc3C(C)C)c3nc(-c4c(F)cccc4F)c(F)cc23)[C@@H](C)C1. The van der Waals surface area contributed by atoms with E-state index in [1.165, 1.54) is 23.0 Å². The Labute approximate surface area is 246 Å². The summed E-state index contributed by atoms with van der Waals surface area (Å²) in [6.45, 7) is 14.0. The predicted molar refractivity (Wildman–Crippen MR) is 158 cm³/mol. The van der Waals surface area contributed by atoms with Gasteiger partial charge in [-0.15, -0.1) is 0 Å². The van der Waals surface area contributed by atoms with E-state index in [4.69, 9.17) is 0 Å². The van der Waals surface area contributed by atoms with E-state index in [0.717, 1.165) is 18.2 Å². The van der Waals surface area contributed by atoms with Gasteiger partial charge in [-0.25, -0.2) is 37.5 Å². The van der Waals surface area contributed by atoms with Crippen molar-refractivity contribution >= 4 is 22.8 Å². The lowest BCUT2D eigenvalue weighted by Gasteiger charge is -2.40. The normalized spacial score (nSPS) is 15.5. The van der Waals surface area contributed by atoms with Gasteiger partial charge in [0, 0.05) is 25.7 Å². The summed E-state index contributed by atoms with van der Waals surface area (Å²) in [5.74, 6) is -3.38. The van der Waals surface area contributed by atoms with Crippen LogP contribution in [0.15, 0.2) is 48.0 Å². The number of pyridine rings is 1. The van der Waals surface area contributed by atoms with Crippen molar-refractivity contribution in [3.05, 3.63) is 82.6 Å². The van der Waals surface area contributed by atoms with E-state index in [-0.39, 0.29) is 40.6 Å². The number of anilines is 1. The average molecular weight is 592 g/mol. The Balaban J connectivity index is 1.86. The number of piperazine rings is 1. The number of amides is 1. The van der Waals surface area contributed by atoms with Crippen LogP contribution in [0.3, 0.4) is 0 Å². The molecule has 43 heavy (non-hydrogen) atoms. The first-order valence-corrected chi connectivity index (χ1v) is 14.0. The summed E-state index contributed by atoms with van der Waals surface area (Å²) in [7, 11) is 0. The smallest absolute Gasteiger partial charge is 0.350 e. The van der Waals surface area contributed by atoms with Crippen LogP contribution in [0, 0.1) is 17.5 Å². The molecule has 0 spiro atoms. The molecule has 9 nitrogen and oxygen atoms in total. The van der Waals surface area contributed by atoms with Gasteiger partial charge in [0.15, 0.2) is 11.5 Å². The van der Waals surface area contributed by atoms with Gasteiger partial charge in [-0.05, 0) is 43.0 Å². The highest BCUT2D eigenvalue weighted by Crippen LogP contribution is 2.35. The zero-order chi connectivity index (χ0) is 31.2. The van der Waals surface area contributed by atoms with Gasteiger partial charge < -0.3 is 9.80 Å². The molecule has 1 fully saturated rings. The number of aromatic nitrogens is 5. The number of halogens is 3. The lowest BCUT2D eigenvalue weighted by Crippen LogP contribution is -2.54. The van der Waals surface area contributed by atoms with E-state index in [9.17, 15) is 18.4 Å². The maximum absolute atomic E-state index is 15.9. The standard InChI is InChI=1S/C31H32F3N7O2/c1-7-23(42)39-11-12-40(18(6)14-39)29-19-13-22(34)27(24-20(32)9-8-10-21(24)33)37-30(19)41(31(43)38-29)28-25(16(2)3)35-15-36-26(28)17(4)5/h7-10,13,15-18H,1,11-12,14H2,2-6H3/t18-/m0/s1. The molecule has 0 radical (unpaired) electrons. The van der Waals surface area contributed by atoms with Crippen LogP contribution in [-0.4, -0.2) is 61.0 Å². The summed E-state index contributed by atoms with van der Waals surface area (Å²) in [4.78, 5) is 47.5. The van der Waals surface area contributed by atoms with Crippen molar-refractivity contribution in [2.24, 2.45) is 0 Å². The molecule has 1 saturated heterocycles. The molecule has 1 aromatic carbocycles. The van der Waals surface area contributed by atoms with Crippen LogP contribution < -0.4 is 10.6 Å². The molecule has 4 aromatic rings. The summed E-state index contributed by atoms with van der Waals surface area (Å²) in [5.41, 5.74) is -0.618. The number of carbonyl (C=O) groups excluding carboxylic acids is 1. The average Bonchev–Trinajstić information content (AvgIpc) is 2.96. The third-order valence-corrected chi connectivity index (χ3v) is 7.58. The number of hydrogen-bond donors (Lipinski definition) is 0. The predicted octanol–water partition coefficient (Wildman–Crippen LogP) is 5.12. The highest BCUT2D eigenvalue weighted by Gasteiger charge is 2.31. The molecule has 0 saturated carbocycles. The van der Waals surface area contributed by atoms with Crippen molar-refractivity contribution in [2.75, 3.05) is 24.5 Å². The molecule has 5 rings (SSSR count). The van der Waals surface area contributed by atoms with Crippen LogP contribution in [0.4, 0.5) is 19.0 Å². The first-order valence-electron chi connectivity index (χ1n) is 14.0. The molecule has 1 aliphatic heterocycles. The van der Waals surface area contributed by atoms with Crippen LogP contribution in [0.5, 0.6) is 0 Å². The number of rotatable bonds is 6. The van der Waals surface area contributed by atoms with Gasteiger partial charge in [-0.2, -0.15) is 4.98 Å². The van der Waals surface area contributed by atoms with E-state index in [2.05, 4.69) is 26.5 Å². The van der Waals surface area contributed by atoms with Crippen molar-refractivity contribution in [1.82, 2.24) is 29.4 Å². The van der Waals surface area contributed by atoms with Crippen LogP contribution >= 0.6 is 0 Å². The highest BCUT2D eigenvalue weighted by molar-refractivity contribution is 5.91.